The number of H-pyrrole nitrogens is 1. The van der Waals surface area contributed by atoms with Crippen LogP contribution in [-0.2, 0) is 0 Å². The molecule has 0 unspecified atom stereocenters. The molecule has 0 fully saturated rings. The SMILES string of the molecule is Cc1ccc(C=Cc2nc(SCC(C)C)n[nH]2)o1. The normalized spacial score (nSPS) is 11.8. The second-order valence-electron chi connectivity index (χ2n) is 4.49. The lowest BCUT2D eigenvalue weighted by molar-refractivity contribution is 0.525. The summed E-state index contributed by atoms with van der Waals surface area (Å²) in [5, 5.41) is 7.84. The molecule has 96 valence electrons. The molecule has 0 aromatic carbocycles. The summed E-state index contributed by atoms with van der Waals surface area (Å²) >= 11 is 1.66. The monoisotopic (exact) mass is 263 g/mol. The molecule has 0 aliphatic heterocycles. The number of nitrogens with one attached hydrogen (secondary N) is 1. The Bertz CT molecular complexity index is 528. The molecular weight excluding hydrogens is 246 g/mol. The molecule has 2 aromatic heterocycles. The molecule has 0 atom stereocenters. The van der Waals surface area contributed by atoms with Crippen LogP contribution in [0.3, 0.4) is 0 Å². The average Bonchev–Trinajstić information content (AvgIpc) is 2.93. The van der Waals surface area contributed by atoms with Gasteiger partial charge in [0.2, 0.25) is 5.16 Å². The van der Waals surface area contributed by atoms with Gasteiger partial charge in [0.1, 0.15) is 17.3 Å². The Hall–Kier alpha value is -1.49. The van der Waals surface area contributed by atoms with Crippen molar-refractivity contribution in [3.05, 3.63) is 29.5 Å². The van der Waals surface area contributed by atoms with Crippen molar-refractivity contribution in [1.29, 1.82) is 0 Å². The van der Waals surface area contributed by atoms with Crippen LogP contribution < -0.4 is 0 Å². The molecule has 0 spiro atoms. The first kappa shape index (κ1) is 13.0. The number of rotatable bonds is 5. The predicted molar refractivity (Wildman–Crippen MR) is 74.3 cm³/mol. The highest BCUT2D eigenvalue weighted by Gasteiger charge is 2.03. The third kappa shape index (κ3) is 3.77. The van der Waals surface area contributed by atoms with E-state index in [4.69, 9.17) is 4.42 Å². The van der Waals surface area contributed by atoms with Crippen molar-refractivity contribution in [3.8, 4) is 0 Å². The Morgan fingerprint density at radius 3 is 2.89 bits per heavy atom. The van der Waals surface area contributed by atoms with Gasteiger partial charge in [-0.2, -0.15) is 0 Å². The predicted octanol–water partition coefficient (Wildman–Crippen LogP) is 3.62. The number of hydrogen-bond acceptors (Lipinski definition) is 4. The number of thioether (sulfide) groups is 1. The molecule has 0 amide bonds. The van der Waals surface area contributed by atoms with Crippen LogP contribution in [-0.4, -0.2) is 20.9 Å². The topological polar surface area (TPSA) is 54.7 Å². The molecule has 0 saturated heterocycles. The summed E-state index contributed by atoms with van der Waals surface area (Å²) in [5.41, 5.74) is 0. The summed E-state index contributed by atoms with van der Waals surface area (Å²) in [6.45, 7) is 6.28. The molecule has 5 heteroatoms. The van der Waals surface area contributed by atoms with Gasteiger partial charge in [-0.15, -0.1) is 5.10 Å². The first-order chi connectivity index (χ1) is 8.63. The van der Waals surface area contributed by atoms with Gasteiger partial charge in [-0.1, -0.05) is 25.6 Å². The van der Waals surface area contributed by atoms with Crippen LogP contribution in [0.4, 0.5) is 0 Å². The Morgan fingerprint density at radius 2 is 2.22 bits per heavy atom. The van der Waals surface area contributed by atoms with Crippen LogP contribution in [0.15, 0.2) is 21.7 Å². The Balaban J connectivity index is 1.96. The van der Waals surface area contributed by atoms with Crippen molar-refractivity contribution in [1.82, 2.24) is 15.2 Å². The number of hydrogen-bond donors (Lipinski definition) is 1. The van der Waals surface area contributed by atoms with Crippen molar-refractivity contribution in [2.24, 2.45) is 5.92 Å². The van der Waals surface area contributed by atoms with Crippen LogP contribution in [0, 0.1) is 12.8 Å². The molecule has 2 aromatic rings. The van der Waals surface area contributed by atoms with Gasteiger partial charge < -0.3 is 4.42 Å². The highest BCUT2D eigenvalue weighted by molar-refractivity contribution is 7.99. The summed E-state index contributed by atoms with van der Waals surface area (Å²) in [6, 6.07) is 3.86. The van der Waals surface area contributed by atoms with E-state index in [1.54, 1.807) is 11.8 Å². The van der Waals surface area contributed by atoms with Gasteiger partial charge in [0.15, 0.2) is 0 Å². The summed E-state index contributed by atoms with van der Waals surface area (Å²) in [7, 11) is 0. The van der Waals surface area contributed by atoms with Crippen molar-refractivity contribution < 1.29 is 4.42 Å². The van der Waals surface area contributed by atoms with Gasteiger partial charge in [0.25, 0.3) is 0 Å². The van der Waals surface area contributed by atoms with Crippen LogP contribution in [0.1, 0.15) is 31.2 Å². The third-order valence-corrected chi connectivity index (χ3v) is 3.47. The molecule has 0 saturated carbocycles. The maximum Gasteiger partial charge on any atom is 0.208 e. The molecule has 0 radical (unpaired) electrons. The van der Waals surface area contributed by atoms with Crippen molar-refractivity contribution in [2.75, 3.05) is 5.75 Å². The van der Waals surface area contributed by atoms with Crippen LogP contribution in [0.25, 0.3) is 12.2 Å². The van der Waals surface area contributed by atoms with Gasteiger partial charge in [0.05, 0.1) is 0 Å². The van der Waals surface area contributed by atoms with Crippen molar-refractivity contribution in [3.63, 3.8) is 0 Å². The first-order valence-electron chi connectivity index (χ1n) is 5.93. The molecule has 0 aliphatic rings. The van der Waals surface area contributed by atoms with Gasteiger partial charge in [0, 0.05) is 5.75 Å². The van der Waals surface area contributed by atoms with E-state index in [0.29, 0.717) is 5.92 Å². The lowest BCUT2D eigenvalue weighted by Crippen LogP contribution is -1.90. The zero-order chi connectivity index (χ0) is 13.0. The number of aryl methyl sites for hydroxylation is 1. The van der Waals surface area contributed by atoms with Gasteiger partial charge in [-0.3, -0.25) is 5.10 Å². The highest BCUT2D eigenvalue weighted by Crippen LogP contribution is 2.16. The Labute approximate surface area is 111 Å². The summed E-state index contributed by atoms with van der Waals surface area (Å²) in [5.74, 6) is 4.13. The van der Waals surface area contributed by atoms with Crippen molar-refractivity contribution in [2.45, 2.75) is 25.9 Å². The summed E-state index contributed by atoms with van der Waals surface area (Å²) in [4.78, 5) is 4.37. The van der Waals surface area contributed by atoms with E-state index < -0.39 is 0 Å². The molecule has 0 aliphatic carbocycles. The van der Waals surface area contributed by atoms with E-state index in [1.165, 1.54) is 0 Å². The maximum absolute atomic E-state index is 5.44. The largest absolute Gasteiger partial charge is 0.462 e. The number of aromatic nitrogens is 3. The lowest BCUT2D eigenvalue weighted by atomic mass is 10.3. The van der Waals surface area contributed by atoms with E-state index >= 15 is 0 Å². The smallest absolute Gasteiger partial charge is 0.208 e. The molecule has 2 rings (SSSR count). The fourth-order valence-corrected chi connectivity index (χ4v) is 2.10. The van der Waals surface area contributed by atoms with E-state index in [9.17, 15) is 0 Å². The van der Waals surface area contributed by atoms with Crippen molar-refractivity contribution >= 4 is 23.9 Å². The van der Waals surface area contributed by atoms with Crippen LogP contribution >= 0.6 is 11.8 Å². The summed E-state index contributed by atoms with van der Waals surface area (Å²) < 4.78 is 5.44. The molecular formula is C13H17N3OS. The number of nitrogens with zero attached hydrogens (tertiary/aromatic N) is 2. The molecule has 18 heavy (non-hydrogen) atoms. The van der Waals surface area contributed by atoms with Gasteiger partial charge in [-0.05, 0) is 37.1 Å². The second-order valence-corrected chi connectivity index (χ2v) is 5.48. The van der Waals surface area contributed by atoms with Gasteiger partial charge in [-0.25, -0.2) is 4.98 Å². The van der Waals surface area contributed by atoms with E-state index in [2.05, 4.69) is 29.0 Å². The molecule has 2 heterocycles. The van der Waals surface area contributed by atoms with E-state index in [-0.39, 0.29) is 0 Å². The fraction of sp³-hybridized carbons (Fsp3) is 0.385. The number of aromatic amines is 1. The quantitative estimate of drug-likeness (QED) is 0.837. The average molecular weight is 263 g/mol. The lowest BCUT2D eigenvalue weighted by Gasteiger charge is -1.98. The van der Waals surface area contributed by atoms with Crippen LogP contribution in [0.5, 0.6) is 0 Å². The highest BCUT2D eigenvalue weighted by atomic mass is 32.2. The summed E-state index contributed by atoms with van der Waals surface area (Å²) in [6.07, 6.45) is 3.75. The first-order valence-corrected chi connectivity index (χ1v) is 6.92. The zero-order valence-corrected chi connectivity index (χ0v) is 11.6. The fourth-order valence-electron chi connectivity index (χ4n) is 1.34. The minimum atomic E-state index is 0.638. The number of furan rings is 1. The van der Waals surface area contributed by atoms with Gasteiger partial charge >= 0.3 is 0 Å². The van der Waals surface area contributed by atoms with E-state index in [1.807, 2.05) is 31.2 Å². The second kappa shape index (κ2) is 5.91. The molecule has 0 bridgehead atoms. The Morgan fingerprint density at radius 1 is 1.39 bits per heavy atom. The minimum Gasteiger partial charge on any atom is -0.462 e. The third-order valence-electron chi connectivity index (χ3n) is 2.19. The Kier molecular flexibility index (Phi) is 4.25. The minimum absolute atomic E-state index is 0.638. The molecule has 1 N–H and O–H groups in total. The van der Waals surface area contributed by atoms with E-state index in [0.717, 1.165) is 28.3 Å². The standard InChI is InChI=1S/C13H17N3OS/c1-9(2)8-18-13-14-12(15-16-13)7-6-11-5-4-10(3)17-11/h4-7,9H,8H2,1-3H3,(H,14,15,16). The maximum atomic E-state index is 5.44. The van der Waals surface area contributed by atoms with Crippen LogP contribution in [0.2, 0.25) is 0 Å². The zero-order valence-electron chi connectivity index (χ0n) is 10.8. The molecule has 4 nitrogen and oxygen atoms in total.